The molecule has 3 rings (SSSR count). The predicted octanol–water partition coefficient (Wildman–Crippen LogP) is 3.86. The molecule has 1 amide bonds. The fourth-order valence-electron chi connectivity index (χ4n) is 3.31. The Morgan fingerprint density at radius 2 is 2.05 bits per heavy atom. The number of ketones is 1. The molecule has 0 bridgehead atoms. The van der Waals surface area contributed by atoms with Crippen LogP contribution in [0.3, 0.4) is 0 Å². The van der Waals surface area contributed by atoms with Crippen molar-refractivity contribution in [3.8, 4) is 0 Å². The average molecular weight is 366 g/mol. The standard InChI is InChI=1S/C17H20BrNO3/c18-13-7-6-12-8-15(16(20)14(12)9-13)22-17(21)19-10-11-4-2-1-3-5-11/h6-7,9,11,15H,1-5,8,10H2,(H,19,21). The highest BCUT2D eigenvalue weighted by atomic mass is 79.9. The van der Waals surface area contributed by atoms with Gasteiger partial charge in [0.15, 0.2) is 6.10 Å². The van der Waals surface area contributed by atoms with E-state index in [0.717, 1.165) is 10.0 Å². The zero-order chi connectivity index (χ0) is 15.5. The molecule has 1 N–H and O–H groups in total. The van der Waals surface area contributed by atoms with Crippen molar-refractivity contribution in [3.05, 3.63) is 33.8 Å². The highest BCUT2D eigenvalue weighted by molar-refractivity contribution is 9.10. The third-order valence-corrected chi connectivity index (χ3v) is 5.04. The molecule has 0 spiro atoms. The molecule has 0 radical (unpaired) electrons. The molecule has 0 aromatic heterocycles. The van der Waals surface area contributed by atoms with Gasteiger partial charge < -0.3 is 10.1 Å². The molecule has 5 heteroatoms. The molecule has 0 heterocycles. The third-order valence-electron chi connectivity index (χ3n) is 4.54. The van der Waals surface area contributed by atoms with E-state index >= 15 is 0 Å². The number of hydrogen-bond acceptors (Lipinski definition) is 3. The Kier molecular flexibility index (Phi) is 4.81. The largest absolute Gasteiger partial charge is 0.437 e. The van der Waals surface area contributed by atoms with Crippen LogP contribution in [0.25, 0.3) is 0 Å². The topological polar surface area (TPSA) is 55.4 Å². The number of benzene rings is 1. The van der Waals surface area contributed by atoms with Crippen LogP contribution in [0.1, 0.15) is 48.0 Å². The molecule has 1 fully saturated rings. The van der Waals surface area contributed by atoms with Crippen molar-refractivity contribution >= 4 is 27.8 Å². The third kappa shape index (κ3) is 3.51. The maximum Gasteiger partial charge on any atom is 0.407 e. The van der Waals surface area contributed by atoms with Gasteiger partial charge in [-0.15, -0.1) is 0 Å². The summed E-state index contributed by atoms with van der Waals surface area (Å²) in [4.78, 5) is 24.2. The van der Waals surface area contributed by atoms with E-state index in [9.17, 15) is 9.59 Å². The quantitative estimate of drug-likeness (QED) is 0.884. The Labute approximate surface area is 138 Å². The van der Waals surface area contributed by atoms with Crippen LogP contribution in [-0.4, -0.2) is 24.5 Å². The molecular formula is C17H20BrNO3. The maximum atomic E-state index is 12.3. The van der Waals surface area contributed by atoms with Gasteiger partial charge in [0.2, 0.25) is 5.78 Å². The zero-order valence-corrected chi connectivity index (χ0v) is 14.0. The first-order valence-electron chi connectivity index (χ1n) is 7.90. The Balaban J connectivity index is 1.51. The lowest BCUT2D eigenvalue weighted by molar-refractivity contribution is 0.0660. The molecular weight excluding hydrogens is 346 g/mol. The molecule has 118 valence electrons. The zero-order valence-electron chi connectivity index (χ0n) is 12.4. The Morgan fingerprint density at radius 3 is 2.82 bits per heavy atom. The number of alkyl carbamates (subject to hydrolysis) is 1. The van der Waals surface area contributed by atoms with Crippen LogP contribution in [0.2, 0.25) is 0 Å². The number of nitrogens with one attached hydrogen (secondary N) is 1. The highest BCUT2D eigenvalue weighted by Gasteiger charge is 2.33. The summed E-state index contributed by atoms with van der Waals surface area (Å²) in [7, 11) is 0. The van der Waals surface area contributed by atoms with Crippen LogP contribution in [0, 0.1) is 5.92 Å². The minimum absolute atomic E-state index is 0.107. The summed E-state index contributed by atoms with van der Waals surface area (Å²) in [5.41, 5.74) is 1.60. The molecule has 4 nitrogen and oxygen atoms in total. The lowest BCUT2D eigenvalue weighted by atomic mass is 9.89. The summed E-state index contributed by atoms with van der Waals surface area (Å²) in [5.74, 6) is 0.442. The number of halogens is 1. The average Bonchev–Trinajstić information content (AvgIpc) is 2.82. The second kappa shape index (κ2) is 6.82. The van der Waals surface area contributed by atoms with Gasteiger partial charge in [-0.05, 0) is 36.5 Å². The number of ether oxygens (including phenoxy) is 1. The lowest BCUT2D eigenvalue weighted by Crippen LogP contribution is -2.35. The Morgan fingerprint density at radius 1 is 1.27 bits per heavy atom. The normalized spacial score (nSPS) is 21.5. The highest BCUT2D eigenvalue weighted by Crippen LogP contribution is 2.27. The van der Waals surface area contributed by atoms with Gasteiger partial charge in [-0.3, -0.25) is 4.79 Å². The first-order valence-corrected chi connectivity index (χ1v) is 8.70. The first kappa shape index (κ1) is 15.5. The minimum Gasteiger partial charge on any atom is -0.437 e. The lowest BCUT2D eigenvalue weighted by Gasteiger charge is -2.22. The smallest absolute Gasteiger partial charge is 0.407 e. The summed E-state index contributed by atoms with van der Waals surface area (Å²) in [6.45, 7) is 0.651. The monoisotopic (exact) mass is 365 g/mol. The summed E-state index contributed by atoms with van der Waals surface area (Å²) >= 11 is 3.36. The van der Waals surface area contributed by atoms with Gasteiger partial charge in [0.05, 0.1) is 0 Å². The number of carbonyl (C=O) groups excluding carboxylic acids is 2. The van der Waals surface area contributed by atoms with E-state index in [0.29, 0.717) is 24.4 Å². The van der Waals surface area contributed by atoms with Crippen LogP contribution >= 0.6 is 15.9 Å². The van der Waals surface area contributed by atoms with Crippen LogP contribution in [0.5, 0.6) is 0 Å². The predicted molar refractivity (Wildman–Crippen MR) is 87.0 cm³/mol. The SMILES string of the molecule is O=C(NCC1CCCCC1)OC1Cc2ccc(Br)cc2C1=O. The van der Waals surface area contributed by atoms with Gasteiger partial charge in [-0.25, -0.2) is 4.79 Å². The molecule has 22 heavy (non-hydrogen) atoms. The summed E-state index contributed by atoms with van der Waals surface area (Å²) in [5, 5.41) is 2.82. The van der Waals surface area contributed by atoms with Gasteiger partial charge in [0.1, 0.15) is 0 Å². The van der Waals surface area contributed by atoms with Gasteiger partial charge in [0, 0.05) is 23.0 Å². The fraction of sp³-hybridized carbons (Fsp3) is 0.529. The van der Waals surface area contributed by atoms with Gasteiger partial charge in [0.25, 0.3) is 0 Å². The van der Waals surface area contributed by atoms with E-state index in [1.54, 1.807) is 6.07 Å². The summed E-state index contributed by atoms with van der Waals surface area (Å²) < 4.78 is 6.19. The molecule has 1 unspecified atom stereocenters. The van der Waals surface area contributed by atoms with Crippen molar-refractivity contribution in [1.82, 2.24) is 5.32 Å². The molecule has 0 saturated heterocycles. The maximum absolute atomic E-state index is 12.3. The molecule has 1 aromatic rings. The molecule has 2 aliphatic carbocycles. The molecule has 2 aliphatic rings. The van der Waals surface area contributed by atoms with Crippen LogP contribution in [0.15, 0.2) is 22.7 Å². The van der Waals surface area contributed by atoms with Crippen LogP contribution in [-0.2, 0) is 11.2 Å². The van der Waals surface area contributed by atoms with Crippen molar-refractivity contribution in [3.63, 3.8) is 0 Å². The van der Waals surface area contributed by atoms with Crippen molar-refractivity contribution < 1.29 is 14.3 Å². The molecule has 1 atom stereocenters. The second-order valence-electron chi connectivity index (χ2n) is 6.15. The number of hydrogen-bond donors (Lipinski definition) is 1. The number of fused-ring (bicyclic) bond motifs is 1. The van der Waals surface area contributed by atoms with Crippen molar-refractivity contribution in [2.75, 3.05) is 6.54 Å². The van der Waals surface area contributed by atoms with Crippen molar-refractivity contribution in [2.45, 2.75) is 44.6 Å². The van der Waals surface area contributed by atoms with E-state index < -0.39 is 12.2 Å². The molecule has 0 aliphatic heterocycles. The number of carbonyl (C=O) groups is 2. The number of rotatable bonds is 3. The van der Waals surface area contributed by atoms with Crippen LogP contribution < -0.4 is 5.32 Å². The second-order valence-corrected chi connectivity index (χ2v) is 7.06. The number of Topliss-reactive ketones (excluding diaryl/α,β-unsaturated/α-hetero) is 1. The summed E-state index contributed by atoms with van der Waals surface area (Å²) in [6.07, 6.45) is 5.43. The van der Waals surface area contributed by atoms with Crippen LogP contribution in [0.4, 0.5) is 4.79 Å². The van der Waals surface area contributed by atoms with Gasteiger partial charge >= 0.3 is 6.09 Å². The van der Waals surface area contributed by atoms with Crippen molar-refractivity contribution in [1.29, 1.82) is 0 Å². The van der Waals surface area contributed by atoms with E-state index in [2.05, 4.69) is 21.2 Å². The van der Waals surface area contributed by atoms with E-state index in [1.807, 2.05) is 12.1 Å². The van der Waals surface area contributed by atoms with E-state index in [4.69, 9.17) is 4.74 Å². The van der Waals surface area contributed by atoms with Gasteiger partial charge in [-0.2, -0.15) is 0 Å². The fourth-order valence-corrected chi connectivity index (χ4v) is 3.67. The van der Waals surface area contributed by atoms with Gasteiger partial charge in [-0.1, -0.05) is 41.3 Å². The first-order chi connectivity index (χ1) is 10.6. The number of amides is 1. The van der Waals surface area contributed by atoms with E-state index in [1.165, 1.54) is 32.1 Å². The summed E-state index contributed by atoms with van der Waals surface area (Å²) in [6, 6.07) is 5.60. The Bertz CT molecular complexity index is 581. The minimum atomic E-state index is -0.685. The Hall–Kier alpha value is -1.36. The van der Waals surface area contributed by atoms with Crippen molar-refractivity contribution in [2.24, 2.45) is 5.92 Å². The van der Waals surface area contributed by atoms with E-state index in [-0.39, 0.29) is 5.78 Å². The molecule has 1 aromatic carbocycles. The molecule has 1 saturated carbocycles.